The van der Waals surface area contributed by atoms with Gasteiger partial charge >= 0.3 is 143 Å². The number of nitriles is 1. The topological polar surface area (TPSA) is 23.8 Å². The zero-order valence-corrected chi connectivity index (χ0v) is 16.0. The van der Waals surface area contributed by atoms with Gasteiger partial charge in [0.2, 0.25) is 0 Å². The molecule has 0 aliphatic rings. The second-order valence-electron chi connectivity index (χ2n) is 6.14. The molecule has 0 unspecified atom stereocenters. The van der Waals surface area contributed by atoms with E-state index in [1.54, 1.807) is 0 Å². The van der Waals surface area contributed by atoms with Crippen LogP contribution >= 0.6 is 0 Å². The van der Waals surface area contributed by atoms with Gasteiger partial charge in [0.05, 0.1) is 0 Å². The molecule has 1 nitrogen and oxygen atoms in total. The Bertz CT molecular complexity index is 409. The molecule has 0 amide bonds. The first-order valence-corrected chi connectivity index (χ1v) is 10.6. The molecule has 1 aromatic rings. The molecule has 0 aliphatic carbocycles. The van der Waals surface area contributed by atoms with E-state index in [4.69, 9.17) is 0 Å². The van der Waals surface area contributed by atoms with E-state index in [1.165, 1.54) is 55.8 Å². The van der Waals surface area contributed by atoms with Crippen molar-refractivity contribution >= 4 is 19.4 Å². The summed E-state index contributed by atoms with van der Waals surface area (Å²) in [6.45, 7) is 4.49. The van der Waals surface area contributed by atoms with Crippen molar-refractivity contribution in [3.05, 3.63) is 30.3 Å². The van der Waals surface area contributed by atoms with Crippen molar-refractivity contribution in [2.24, 2.45) is 0 Å². The molecule has 0 spiro atoms. The van der Waals surface area contributed by atoms with Crippen LogP contribution in [-0.2, 0) is 0 Å². The Balaban J connectivity index is 2.65. The first-order valence-electron chi connectivity index (χ1n) is 8.91. The fourth-order valence-corrected chi connectivity index (χ4v) is 5.44. The van der Waals surface area contributed by atoms with Crippen molar-refractivity contribution < 1.29 is 0 Å². The molecule has 122 valence electrons. The Labute approximate surface area is 143 Å². The van der Waals surface area contributed by atoms with Gasteiger partial charge in [-0.15, -0.1) is 0 Å². The van der Waals surface area contributed by atoms with Crippen LogP contribution in [0.5, 0.6) is 0 Å². The van der Waals surface area contributed by atoms with Crippen LogP contribution < -0.4 is 4.46 Å². The molecule has 0 aliphatic heterocycles. The van der Waals surface area contributed by atoms with Gasteiger partial charge in [-0.2, -0.15) is 0 Å². The van der Waals surface area contributed by atoms with Crippen LogP contribution in [0.3, 0.4) is 0 Å². The van der Waals surface area contributed by atoms with Crippen LogP contribution in [0.1, 0.15) is 78.1 Å². The molecule has 22 heavy (non-hydrogen) atoms. The van der Waals surface area contributed by atoms with Crippen molar-refractivity contribution in [1.82, 2.24) is 0 Å². The predicted molar refractivity (Wildman–Crippen MR) is 97.7 cm³/mol. The van der Waals surface area contributed by atoms with Gasteiger partial charge < -0.3 is 0 Å². The Kier molecular flexibility index (Phi) is 10.3. The summed E-state index contributed by atoms with van der Waals surface area (Å²) < 4.78 is 1.29. The monoisotopic (exact) mass is 365 g/mol. The van der Waals surface area contributed by atoms with Crippen LogP contribution in [0.2, 0.25) is 4.31 Å². The molecule has 0 saturated carbocycles. The van der Waals surface area contributed by atoms with E-state index in [1.807, 2.05) is 0 Å². The van der Waals surface area contributed by atoms with E-state index < -0.39 is 0 Å². The molecule has 0 heterocycles. The molecule has 0 N–H and O–H groups in total. The predicted octanol–water partition coefficient (Wildman–Crippen LogP) is 5.64. The fourth-order valence-electron chi connectivity index (χ4n) is 2.75. The van der Waals surface area contributed by atoms with Gasteiger partial charge in [-0.3, -0.25) is 0 Å². The first-order chi connectivity index (χ1) is 10.8. The third-order valence-electron chi connectivity index (χ3n) is 4.13. The van der Waals surface area contributed by atoms with Crippen LogP contribution in [0, 0.1) is 11.3 Å². The number of unbranched alkanes of at least 4 members (excludes halogenated alkanes) is 6. The summed E-state index contributed by atoms with van der Waals surface area (Å²) >= 11 is 0.265. The minimum atomic E-state index is -0.0875. The van der Waals surface area contributed by atoms with Crippen molar-refractivity contribution in [2.75, 3.05) is 0 Å². The summed E-state index contributed by atoms with van der Waals surface area (Å²) in [7, 11) is 0. The first kappa shape index (κ1) is 19.3. The fraction of sp³-hybridized carbons (Fsp3) is 0.650. The average Bonchev–Trinajstić information content (AvgIpc) is 2.56. The maximum atomic E-state index is 9.92. The SMILES string of the molecule is CCCCCCC(C#N)(CCCCCC)[Se]c1ccccc1. The zero-order valence-electron chi connectivity index (χ0n) is 14.3. The molecular formula is C20H31NSe. The van der Waals surface area contributed by atoms with Gasteiger partial charge in [-0.25, -0.2) is 0 Å². The Morgan fingerprint density at radius 3 is 1.86 bits per heavy atom. The second-order valence-corrected chi connectivity index (χ2v) is 9.20. The van der Waals surface area contributed by atoms with E-state index >= 15 is 0 Å². The van der Waals surface area contributed by atoms with Crippen LogP contribution in [-0.4, -0.2) is 15.0 Å². The number of benzene rings is 1. The molecule has 0 radical (unpaired) electrons. The van der Waals surface area contributed by atoms with Crippen molar-refractivity contribution in [3.63, 3.8) is 0 Å². The van der Waals surface area contributed by atoms with Crippen molar-refractivity contribution in [2.45, 2.75) is 82.4 Å². The summed E-state index contributed by atoms with van der Waals surface area (Å²) in [5, 5.41) is 9.92. The molecule has 0 atom stereocenters. The van der Waals surface area contributed by atoms with Crippen LogP contribution in [0.25, 0.3) is 0 Å². The van der Waals surface area contributed by atoms with E-state index in [9.17, 15) is 5.26 Å². The summed E-state index contributed by atoms with van der Waals surface area (Å²) in [5.74, 6) is 0. The molecule has 0 aromatic heterocycles. The van der Waals surface area contributed by atoms with Crippen molar-refractivity contribution in [1.29, 1.82) is 5.26 Å². The zero-order chi connectivity index (χ0) is 16.1. The summed E-state index contributed by atoms with van der Waals surface area (Å²) in [4.78, 5) is 0. The third-order valence-corrected chi connectivity index (χ3v) is 7.06. The van der Waals surface area contributed by atoms with Gasteiger partial charge in [0.1, 0.15) is 0 Å². The molecule has 2 heteroatoms. The number of nitrogens with zero attached hydrogens (tertiary/aromatic N) is 1. The molecule has 1 rings (SSSR count). The third kappa shape index (κ3) is 7.48. The van der Waals surface area contributed by atoms with Gasteiger partial charge in [0.25, 0.3) is 0 Å². The average molecular weight is 364 g/mol. The Morgan fingerprint density at radius 1 is 0.864 bits per heavy atom. The second kappa shape index (κ2) is 11.8. The summed E-state index contributed by atoms with van der Waals surface area (Å²) in [6, 6.07) is 13.4. The van der Waals surface area contributed by atoms with Crippen LogP contribution in [0.15, 0.2) is 30.3 Å². The normalized spacial score (nSPS) is 11.3. The summed E-state index contributed by atoms with van der Waals surface area (Å²) in [6.07, 6.45) is 12.3. The van der Waals surface area contributed by atoms with Crippen molar-refractivity contribution in [3.8, 4) is 6.07 Å². The number of rotatable bonds is 12. The Hall–Kier alpha value is -0.771. The Morgan fingerprint density at radius 2 is 1.41 bits per heavy atom. The van der Waals surface area contributed by atoms with Gasteiger partial charge in [-0.1, -0.05) is 0 Å². The number of hydrogen-bond acceptors (Lipinski definition) is 1. The standard InChI is InChI=1S/C20H31NSe/c1-3-5-7-12-16-20(18-21,17-13-8-6-4-2)22-19-14-10-9-11-15-19/h9-11,14-15H,3-8,12-13,16-17H2,1-2H3. The quantitative estimate of drug-likeness (QED) is 0.348. The summed E-state index contributed by atoms with van der Waals surface area (Å²) in [5.41, 5.74) is 0. The maximum absolute atomic E-state index is 9.92. The van der Waals surface area contributed by atoms with E-state index in [0.29, 0.717) is 0 Å². The molecule has 0 fully saturated rings. The van der Waals surface area contributed by atoms with E-state index in [2.05, 4.69) is 50.2 Å². The molecule has 0 bridgehead atoms. The van der Waals surface area contributed by atoms with Gasteiger partial charge in [0, 0.05) is 0 Å². The van der Waals surface area contributed by atoms with Gasteiger partial charge in [0.15, 0.2) is 0 Å². The van der Waals surface area contributed by atoms with Crippen LogP contribution in [0.4, 0.5) is 0 Å². The molecule has 1 aromatic carbocycles. The van der Waals surface area contributed by atoms with E-state index in [-0.39, 0.29) is 19.3 Å². The molecule has 0 saturated heterocycles. The number of hydrogen-bond donors (Lipinski definition) is 0. The molecular weight excluding hydrogens is 333 g/mol. The van der Waals surface area contributed by atoms with E-state index in [0.717, 1.165) is 12.8 Å². The minimum absolute atomic E-state index is 0.0875. The van der Waals surface area contributed by atoms with Gasteiger partial charge in [-0.05, 0) is 0 Å².